The summed E-state index contributed by atoms with van der Waals surface area (Å²) in [7, 11) is -47.4. The SMILES string of the molecule is C[SiH](C)CCO[Si](C)(C)O[Si](O[Si](C)(C)O[Si](C)(C)CC[SiH](C)C)(c1ccccc1)c1ccccc1.C[SiH](C)CC[Si](C)(C)OO[Si](C)(C)O[Si](C)(C)CC[SiH](C)C.C[SiH](C)O[Si](C)(C)O[SiH](C)C.C[SiH](C)O[Si](C)(C)O[Si](O[SiH](C)C)(c1ccccc1)c1ccccc1.C[Si](C)(O)O[Si](C)(C)O[Si](C)(C)O.C[Si](C)(O)O[Si](C)(C)O[Si](C)(O[Si](C)(C)O)c1ccccc1. The van der Waals surface area contributed by atoms with Gasteiger partial charge in [0, 0.05) is 41.8 Å². The number of hydrogen-bond donors (Lipinski definition) is 4. The quantitative estimate of drug-likeness (QED) is 0.0161. The van der Waals surface area contributed by atoms with Gasteiger partial charge in [-0.3, -0.25) is 9.15 Å². The Morgan fingerprint density at radius 3 is 0.760 bits per heavy atom. The highest BCUT2D eigenvalue weighted by Crippen LogP contribution is 2.31. The molecule has 5 aromatic rings. The maximum absolute atomic E-state index is 10.2. The molecule has 5 aromatic carbocycles. The molecule has 129 heavy (non-hydrogen) atoms. The molecule has 46 heteroatoms. The Bertz CT molecular complexity index is 3700. The summed E-state index contributed by atoms with van der Waals surface area (Å²) in [6.45, 7) is 96.2. The van der Waals surface area contributed by atoms with E-state index in [1.165, 1.54) is 36.3 Å². The van der Waals surface area contributed by atoms with Crippen LogP contribution in [0.15, 0.2) is 152 Å². The lowest BCUT2D eigenvalue weighted by atomic mass is 10.4. The molecule has 0 heterocycles. The van der Waals surface area contributed by atoms with E-state index in [1.54, 1.807) is 52.4 Å². The van der Waals surface area contributed by atoms with Crippen molar-refractivity contribution < 1.29 is 90.4 Å². The minimum absolute atomic E-state index is 0.492. The number of benzene rings is 5. The first kappa shape index (κ1) is 130. The minimum Gasteiger partial charge on any atom is -0.440 e. The predicted molar refractivity (Wildman–Crippen MR) is 615 cm³/mol. The zero-order valence-corrected chi connectivity index (χ0v) is 116. The number of hydrogen-bond acceptors (Lipinski definition) is 21. The van der Waals surface area contributed by atoms with Gasteiger partial charge in [0.05, 0.1) is 0 Å². The molecule has 0 fully saturated rings. The molecule has 0 aromatic heterocycles. The van der Waals surface area contributed by atoms with Crippen molar-refractivity contribution in [3.63, 3.8) is 0 Å². The zero-order chi connectivity index (χ0) is 100. The van der Waals surface area contributed by atoms with Crippen LogP contribution in [0.3, 0.4) is 0 Å². The average Bonchev–Trinajstić information content (AvgIpc) is 0.759. The monoisotopic (exact) mass is 2220 g/mol. The fourth-order valence-corrected chi connectivity index (χ4v) is 105. The van der Waals surface area contributed by atoms with Crippen LogP contribution < -0.4 is 25.9 Å². The van der Waals surface area contributed by atoms with Gasteiger partial charge in [0.2, 0.25) is 8.32 Å². The molecule has 21 nitrogen and oxygen atoms in total. The Hall–Kier alpha value is 0.682. The molecule has 0 radical (unpaired) electrons. The van der Waals surface area contributed by atoms with E-state index in [9.17, 15) is 19.2 Å². The van der Waals surface area contributed by atoms with Crippen LogP contribution >= 0.6 is 0 Å². The van der Waals surface area contributed by atoms with Crippen LogP contribution in [0, 0.1) is 0 Å². The van der Waals surface area contributed by atoms with Crippen LogP contribution in [0.25, 0.3) is 0 Å². The molecule has 0 bridgehead atoms. The van der Waals surface area contributed by atoms with Gasteiger partial charge >= 0.3 is 120 Å². The van der Waals surface area contributed by atoms with Gasteiger partial charge in [-0.1, -0.05) is 222 Å². The van der Waals surface area contributed by atoms with E-state index >= 15 is 0 Å². The van der Waals surface area contributed by atoms with Crippen molar-refractivity contribution in [3.8, 4) is 0 Å². The third kappa shape index (κ3) is 61.9. The smallest absolute Gasteiger partial charge is 0.389 e. The molecule has 0 amide bonds. The molecule has 5 rings (SSSR count). The van der Waals surface area contributed by atoms with E-state index in [4.69, 9.17) is 71.2 Å². The molecule has 0 saturated heterocycles. The van der Waals surface area contributed by atoms with Gasteiger partial charge in [0.25, 0.3) is 0 Å². The molecule has 1 atom stereocenters. The normalized spacial score (nSPS) is 14.1. The maximum atomic E-state index is 10.2. The van der Waals surface area contributed by atoms with Gasteiger partial charge in [0.15, 0.2) is 52.8 Å². The minimum atomic E-state index is -3.12. The van der Waals surface area contributed by atoms with Crippen LogP contribution in [0.5, 0.6) is 0 Å². The highest BCUT2D eigenvalue weighted by Gasteiger charge is 2.55. The topological polar surface area (TPSA) is 238 Å². The van der Waals surface area contributed by atoms with Crippen molar-refractivity contribution in [3.05, 3.63) is 152 Å². The van der Waals surface area contributed by atoms with Crippen molar-refractivity contribution in [1.29, 1.82) is 0 Å². The van der Waals surface area contributed by atoms with E-state index in [0.29, 0.717) is 0 Å². The van der Waals surface area contributed by atoms with E-state index in [2.05, 4.69) is 319 Å². The van der Waals surface area contributed by atoms with E-state index in [-0.39, 0.29) is 0 Å². The van der Waals surface area contributed by atoms with Crippen LogP contribution in [-0.4, -0.2) is 242 Å². The van der Waals surface area contributed by atoms with Gasteiger partial charge in [0.1, 0.15) is 0 Å². The van der Waals surface area contributed by atoms with Gasteiger partial charge in [-0.2, -0.15) is 0 Å². The summed E-state index contributed by atoms with van der Waals surface area (Å²) in [6, 6.07) is 60.7. The largest absolute Gasteiger partial charge is 0.440 e. The lowest BCUT2D eigenvalue weighted by molar-refractivity contribution is -0.138. The summed E-state index contributed by atoms with van der Waals surface area (Å²) < 4.78 is 107. The van der Waals surface area contributed by atoms with Gasteiger partial charge < -0.3 is 81.2 Å². The summed E-state index contributed by atoms with van der Waals surface area (Å²) >= 11 is 0. The molecule has 0 aliphatic heterocycles. The van der Waals surface area contributed by atoms with Gasteiger partial charge in [-0.25, -0.2) is 0 Å². The molecule has 0 spiro atoms. The van der Waals surface area contributed by atoms with Crippen molar-refractivity contribution in [2.75, 3.05) is 6.61 Å². The first-order valence-corrected chi connectivity index (χ1v) is 117. The van der Waals surface area contributed by atoms with Crippen LogP contribution in [0.2, 0.25) is 337 Å². The Kier molecular flexibility index (Phi) is 57.4. The molecular weight excluding hydrogens is 2040 g/mol. The average molecular weight is 2220 g/mol. The summed E-state index contributed by atoms with van der Waals surface area (Å²) in [5.74, 6) is 0. The third-order valence-corrected chi connectivity index (χ3v) is 90.2. The fourth-order valence-electron chi connectivity index (χ4n) is 14.5. The summed E-state index contributed by atoms with van der Waals surface area (Å²) in [5.41, 5.74) is 0. The first-order valence-electron chi connectivity index (χ1n) is 47.0. The van der Waals surface area contributed by atoms with Gasteiger partial charge in [-0.05, 0) is 292 Å². The highest BCUT2D eigenvalue weighted by molar-refractivity contribution is 7.03. The van der Waals surface area contributed by atoms with Crippen molar-refractivity contribution in [2.24, 2.45) is 0 Å². The standard InChI is InChI=1S/C26H50O4Si6.C18H30O3Si4.C14H40O3Si5.C13H28O5Si4.C6H20O4Si3.C6H20O2Si3/c1-31(2)22-21-27-34(7,8)29-36(25-17-13-11-14-18-25,26-19-15-12-16-20-26)30-35(9,10)28-33(5,6)24-23-32(3)4;1-22(2)19-24(5,6)21-25(20-23(3)4,17-13-9-7-10-14-17)18-15-11-8-12-16-18;1-18(2)11-13-20(5,6)15-16-22(9,10)17-21(7,8)14-12-19(3)4;1-19(2,14)16-21(5,6)18-22(7,17-20(3,4)15)13-11-9-8-10-12-13;1-11(2,7)9-13(5,6)10-12(3,4)8;1-9(2)7-11(5,6)8-10(3)4/h11-20,31-32H,21-24H2,1-10H3;7-16,22-23H,1-6H3;18-19H,11-14H2,1-10H3;8-12,14-15H,1-7H3;7-8H,1-6H3;9-10H,1-6H3. The second-order valence-electron chi connectivity index (χ2n) is 43.6. The maximum Gasteiger partial charge on any atom is 0.389 e. The van der Waals surface area contributed by atoms with Crippen LogP contribution in [0.4, 0.5) is 0 Å². The summed E-state index contributed by atoms with van der Waals surface area (Å²) in [4.78, 5) is 39.4. The second-order valence-corrected chi connectivity index (χ2v) is 128. The van der Waals surface area contributed by atoms with Crippen LogP contribution in [-0.2, 0) is 71.2 Å². The first-order chi connectivity index (χ1) is 58.1. The lowest BCUT2D eigenvalue weighted by Crippen LogP contribution is -2.71. The Morgan fingerprint density at radius 2 is 0.465 bits per heavy atom. The molecule has 4 N–H and O–H groups in total. The molecule has 0 saturated carbocycles. The number of rotatable bonds is 49. The predicted octanol–water partition coefficient (Wildman–Crippen LogP) is 18.8. The lowest BCUT2D eigenvalue weighted by Gasteiger charge is -2.44. The van der Waals surface area contributed by atoms with Crippen molar-refractivity contribution in [2.45, 2.75) is 337 Å². The van der Waals surface area contributed by atoms with E-state index in [0.717, 1.165) is 38.6 Å². The van der Waals surface area contributed by atoms with E-state index in [1.807, 2.05) is 75.2 Å². The Labute approximate surface area is 820 Å². The summed E-state index contributed by atoms with van der Waals surface area (Å²) in [6.07, 6.45) is 0. The summed E-state index contributed by atoms with van der Waals surface area (Å²) in [5, 5.41) is 5.52. The zero-order valence-electron chi connectivity index (χ0n) is 89.4. The van der Waals surface area contributed by atoms with E-state index < -0.39 is 216 Å². The van der Waals surface area contributed by atoms with Crippen LogP contribution in [0.1, 0.15) is 0 Å². The Morgan fingerprint density at radius 1 is 0.217 bits per heavy atom. The fraction of sp³-hybridized carbons (Fsp3) is 0.639. The molecule has 1 unspecified atom stereocenters. The molecule has 0 aliphatic carbocycles. The molecule has 746 valence electrons. The molecule has 0 aliphatic rings. The van der Waals surface area contributed by atoms with Crippen molar-refractivity contribution in [1.82, 2.24) is 0 Å². The molecular formula is C83H188O21Si25. The van der Waals surface area contributed by atoms with Gasteiger partial charge in [-0.15, -0.1) is 0 Å². The second kappa shape index (κ2) is 57.1. The third-order valence-electron chi connectivity index (χ3n) is 18.0. The Balaban J connectivity index is 0.00000158. The highest BCUT2D eigenvalue weighted by atomic mass is 28.5. The van der Waals surface area contributed by atoms with Crippen molar-refractivity contribution >= 4 is 242 Å².